The second-order valence-electron chi connectivity index (χ2n) is 7.25. The average Bonchev–Trinajstić information content (AvgIpc) is 3.20. The largest absolute Gasteiger partial charge is 0.356 e. The zero-order chi connectivity index (χ0) is 17.5. The zero-order valence-electron chi connectivity index (χ0n) is 15.0. The van der Waals surface area contributed by atoms with Crippen LogP contribution in [-0.4, -0.2) is 41.3 Å². The Balaban J connectivity index is 1.47. The van der Waals surface area contributed by atoms with Gasteiger partial charge in [-0.2, -0.15) is 0 Å². The SMILES string of the molecule is O=C(NCCCc1ccccn1)C1CCCCC1C(=O)N1CCCC1. The highest BCUT2D eigenvalue weighted by Crippen LogP contribution is 2.32. The first kappa shape index (κ1) is 17.9. The fourth-order valence-corrected chi connectivity index (χ4v) is 4.07. The summed E-state index contributed by atoms with van der Waals surface area (Å²) in [5, 5.41) is 3.06. The van der Waals surface area contributed by atoms with Gasteiger partial charge in [0.05, 0.1) is 0 Å². The fourth-order valence-electron chi connectivity index (χ4n) is 4.07. The van der Waals surface area contributed by atoms with E-state index in [0.29, 0.717) is 6.54 Å². The van der Waals surface area contributed by atoms with E-state index in [1.54, 1.807) is 6.20 Å². The smallest absolute Gasteiger partial charge is 0.226 e. The van der Waals surface area contributed by atoms with Crippen LogP contribution in [0.4, 0.5) is 0 Å². The first-order valence-corrected chi connectivity index (χ1v) is 9.72. The van der Waals surface area contributed by atoms with E-state index in [4.69, 9.17) is 0 Å². The number of aromatic nitrogens is 1. The molecule has 3 rings (SSSR count). The molecule has 1 saturated heterocycles. The summed E-state index contributed by atoms with van der Waals surface area (Å²) in [4.78, 5) is 31.7. The average molecular weight is 343 g/mol. The maximum atomic E-state index is 12.8. The van der Waals surface area contributed by atoms with Crippen molar-refractivity contribution in [1.29, 1.82) is 0 Å². The normalized spacial score (nSPS) is 23.4. The van der Waals surface area contributed by atoms with E-state index in [0.717, 1.165) is 70.2 Å². The lowest BCUT2D eigenvalue weighted by atomic mass is 9.78. The van der Waals surface area contributed by atoms with Crippen LogP contribution in [0.5, 0.6) is 0 Å². The van der Waals surface area contributed by atoms with E-state index in [9.17, 15) is 9.59 Å². The van der Waals surface area contributed by atoms with Crippen LogP contribution in [0.15, 0.2) is 24.4 Å². The van der Waals surface area contributed by atoms with Crippen molar-refractivity contribution in [1.82, 2.24) is 15.2 Å². The van der Waals surface area contributed by atoms with Crippen molar-refractivity contribution in [2.75, 3.05) is 19.6 Å². The summed E-state index contributed by atoms with van der Waals surface area (Å²) >= 11 is 0. The fraction of sp³-hybridized carbons (Fsp3) is 0.650. The number of likely N-dealkylation sites (tertiary alicyclic amines) is 1. The Morgan fingerprint density at radius 3 is 2.56 bits per heavy atom. The minimum absolute atomic E-state index is 0.0678. The third kappa shape index (κ3) is 4.80. The van der Waals surface area contributed by atoms with Crippen molar-refractivity contribution in [3.63, 3.8) is 0 Å². The molecule has 2 atom stereocenters. The van der Waals surface area contributed by atoms with Gasteiger partial charge in [-0.3, -0.25) is 14.6 Å². The number of rotatable bonds is 6. The van der Waals surface area contributed by atoms with E-state index >= 15 is 0 Å². The third-order valence-electron chi connectivity index (χ3n) is 5.47. The van der Waals surface area contributed by atoms with Crippen LogP contribution in [0.2, 0.25) is 0 Å². The zero-order valence-corrected chi connectivity index (χ0v) is 15.0. The first-order chi connectivity index (χ1) is 12.3. The monoisotopic (exact) mass is 343 g/mol. The van der Waals surface area contributed by atoms with Crippen LogP contribution < -0.4 is 5.32 Å². The summed E-state index contributed by atoms with van der Waals surface area (Å²) in [6, 6.07) is 5.90. The molecule has 1 aromatic rings. The highest BCUT2D eigenvalue weighted by atomic mass is 16.2. The van der Waals surface area contributed by atoms with Crippen LogP contribution in [0.1, 0.15) is 50.6 Å². The van der Waals surface area contributed by atoms with Crippen molar-refractivity contribution in [2.45, 2.75) is 51.4 Å². The molecule has 1 aliphatic carbocycles. The molecular formula is C20H29N3O2. The number of hydrogen-bond donors (Lipinski definition) is 1. The molecule has 1 saturated carbocycles. The van der Waals surface area contributed by atoms with Gasteiger partial charge in [-0.05, 0) is 50.7 Å². The molecule has 2 fully saturated rings. The molecule has 136 valence electrons. The van der Waals surface area contributed by atoms with Gasteiger partial charge in [0.25, 0.3) is 0 Å². The topological polar surface area (TPSA) is 62.3 Å². The number of nitrogens with zero attached hydrogens (tertiary/aromatic N) is 2. The Morgan fingerprint density at radius 1 is 1.08 bits per heavy atom. The number of hydrogen-bond acceptors (Lipinski definition) is 3. The maximum absolute atomic E-state index is 12.8. The Morgan fingerprint density at radius 2 is 1.84 bits per heavy atom. The molecule has 0 bridgehead atoms. The standard InChI is InChI=1S/C20H29N3O2/c24-19(22-13-7-9-16-8-3-4-12-21-16)17-10-1-2-11-18(17)20(25)23-14-5-6-15-23/h3-4,8,12,17-18H,1-2,5-7,9-11,13-15H2,(H,22,24). The Bertz CT molecular complexity index is 570. The highest BCUT2D eigenvalue weighted by molar-refractivity contribution is 5.88. The highest BCUT2D eigenvalue weighted by Gasteiger charge is 2.38. The van der Waals surface area contributed by atoms with Gasteiger partial charge in [0.2, 0.25) is 11.8 Å². The molecule has 25 heavy (non-hydrogen) atoms. The number of carbonyl (C=O) groups excluding carboxylic acids is 2. The van der Waals surface area contributed by atoms with Gasteiger partial charge < -0.3 is 10.2 Å². The van der Waals surface area contributed by atoms with Gasteiger partial charge in [0.15, 0.2) is 0 Å². The first-order valence-electron chi connectivity index (χ1n) is 9.72. The minimum Gasteiger partial charge on any atom is -0.356 e. The predicted molar refractivity (Wildman–Crippen MR) is 96.8 cm³/mol. The molecular weight excluding hydrogens is 314 g/mol. The van der Waals surface area contributed by atoms with Crippen LogP contribution in [0, 0.1) is 11.8 Å². The summed E-state index contributed by atoms with van der Waals surface area (Å²) in [5.74, 6) is 0.0310. The van der Waals surface area contributed by atoms with Crippen molar-refractivity contribution in [3.8, 4) is 0 Å². The van der Waals surface area contributed by atoms with Crippen molar-refractivity contribution in [3.05, 3.63) is 30.1 Å². The molecule has 1 N–H and O–H groups in total. The van der Waals surface area contributed by atoms with Gasteiger partial charge in [-0.15, -0.1) is 0 Å². The van der Waals surface area contributed by atoms with Crippen molar-refractivity contribution >= 4 is 11.8 Å². The lowest BCUT2D eigenvalue weighted by Gasteiger charge is -2.32. The Labute approximate surface area is 150 Å². The summed E-state index contributed by atoms with van der Waals surface area (Å²) in [5.41, 5.74) is 1.05. The predicted octanol–water partition coefficient (Wildman–Crippen LogP) is 2.56. The molecule has 2 unspecified atom stereocenters. The molecule has 2 amide bonds. The van der Waals surface area contributed by atoms with E-state index in [2.05, 4.69) is 10.3 Å². The number of amides is 2. The maximum Gasteiger partial charge on any atom is 0.226 e. The van der Waals surface area contributed by atoms with Crippen LogP contribution >= 0.6 is 0 Å². The lowest BCUT2D eigenvalue weighted by Crippen LogP contribution is -2.44. The van der Waals surface area contributed by atoms with Crippen LogP contribution in [-0.2, 0) is 16.0 Å². The second-order valence-corrected chi connectivity index (χ2v) is 7.25. The van der Waals surface area contributed by atoms with E-state index in [1.165, 1.54) is 0 Å². The molecule has 0 radical (unpaired) electrons. The molecule has 2 heterocycles. The second kappa shape index (κ2) is 8.97. The van der Waals surface area contributed by atoms with Gasteiger partial charge in [-0.25, -0.2) is 0 Å². The number of nitrogens with one attached hydrogen (secondary N) is 1. The Kier molecular flexibility index (Phi) is 6.42. The van der Waals surface area contributed by atoms with Crippen molar-refractivity contribution in [2.24, 2.45) is 11.8 Å². The van der Waals surface area contributed by atoms with Crippen molar-refractivity contribution < 1.29 is 9.59 Å². The quantitative estimate of drug-likeness (QED) is 0.808. The van der Waals surface area contributed by atoms with Crippen LogP contribution in [0.25, 0.3) is 0 Å². The summed E-state index contributed by atoms with van der Waals surface area (Å²) in [6.45, 7) is 2.39. The van der Waals surface area contributed by atoms with Crippen LogP contribution in [0.3, 0.4) is 0 Å². The third-order valence-corrected chi connectivity index (χ3v) is 5.47. The molecule has 1 aliphatic heterocycles. The van der Waals surface area contributed by atoms with Gasteiger partial charge >= 0.3 is 0 Å². The molecule has 5 nitrogen and oxygen atoms in total. The van der Waals surface area contributed by atoms with Gasteiger partial charge in [0, 0.05) is 43.4 Å². The lowest BCUT2D eigenvalue weighted by molar-refractivity contribution is -0.142. The minimum atomic E-state index is -0.142. The molecule has 0 spiro atoms. The van der Waals surface area contributed by atoms with Gasteiger partial charge in [0.1, 0.15) is 0 Å². The molecule has 1 aromatic heterocycles. The number of carbonyl (C=O) groups is 2. The molecule has 0 aromatic carbocycles. The summed E-state index contributed by atoms with van der Waals surface area (Å²) in [7, 11) is 0. The summed E-state index contributed by atoms with van der Waals surface area (Å²) in [6.07, 6.45) is 9.56. The number of pyridine rings is 1. The summed E-state index contributed by atoms with van der Waals surface area (Å²) < 4.78 is 0. The van der Waals surface area contributed by atoms with Gasteiger partial charge in [-0.1, -0.05) is 18.9 Å². The Hall–Kier alpha value is -1.91. The van der Waals surface area contributed by atoms with E-state index in [-0.39, 0.29) is 23.7 Å². The molecule has 2 aliphatic rings. The van der Waals surface area contributed by atoms with E-state index in [1.807, 2.05) is 23.1 Å². The number of aryl methyl sites for hydroxylation is 1. The van der Waals surface area contributed by atoms with E-state index < -0.39 is 0 Å². The molecule has 5 heteroatoms.